The Morgan fingerprint density at radius 3 is 2.48 bits per heavy atom. The van der Waals surface area contributed by atoms with Gasteiger partial charge < -0.3 is 14.5 Å². The van der Waals surface area contributed by atoms with E-state index in [0.717, 1.165) is 25.7 Å². The molecule has 2 aliphatic rings. The van der Waals surface area contributed by atoms with Crippen LogP contribution < -0.4 is 4.90 Å². The van der Waals surface area contributed by atoms with E-state index < -0.39 is 11.8 Å². The van der Waals surface area contributed by atoms with Crippen molar-refractivity contribution in [2.24, 2.45) is 0 Å². The number of amides is 1. The molecule has 2 heterocycles. The Labute approximate surface area is 184 Å². The summed E-state index contributed by atoms with van der Waals surface area (Å²) >= 11 is 1.47. The van der Waals surface area contributed by atoms with Crippen molar-refractivity contribution in [2.75, 3.05) is 37.7 Å². The third kappa shape index (κ3) is 4.79. The quantitative estimate of drug-likeness (QED) is 0.522. The standard InChI is InChI=1S/C23H25FN2O4S/c1-15(27)16-6-7-19(18(24)12-16)25-8-10-26(11-9-25)22(28)14-30-23(29)21-13-17-4-2-3-5-20(17)31-21/h6-7,12-13H,2-5,8-11,14H2,1H3. The molecule has 0 N–H and O–H groups in total. The normalized spacial score (nSPS) is 16.1. The molecule has 0 radical (unpaired) electrons. The predicted octanol–water partition coefficient (Wildman–Crippen LogP) is 3.47. The van der Waals surface area contributed by atoms with Crippen molar-refractivity contribution in [1.29, 1.82) is 0 Å². The molecule has 1 aliphatic heterocycles. The number of aryl methyl sites for hydroxylation is 2. The van der Waals surface area contributed by atoms with E-state index in [-0.39, 0.29) is 18.3 Å². The highest BCUT2D eigenvalue weighted by atomic mass is 32.1. The van der Waals surface area contributed by atoms with Gasteiger partial charge in [0.2, 0.25) is 0 Å². The molecule has 0 saturated carbocycles. The molecule has 1 saturated heterocycles. The number of thiophene rings is 1. The van der Waals surface area contributed by atoms with Crippen LogP contribution in [0.3, 0.4) is 0 Å². The van der Waals surface area contributed by atoms with Crippen molar-refractivity contribution in [3.05, 3.63) is 51.0 Å². The molecular formula is C23H25FN2O4S. The van der Waals surface area contributed by atoms with Crippen LogP contribution in [0.1, 0.15) is 50.2 Å². The topological polar surface area (TPSA) is 66.9 Å². The molecule has 1 fully saturated rings. The molecule has 2 aromatic rings. The number of carbonyl (C=O) groups excluding carboxylic acids is 3. The van der Waals surface area contributed by atoms with Crippen LogP contribution in [0.5, 0.6) is 0 Å². The number of fused-ring (bicyclic) bond motifs is 1. The highest BCUT2D eigenvalue weighted by Gasteiger charge is 2.25. The Bertz CT molecular complexity index is 988. The number of hydrogen-bond donors (Lipinski definition) is 0. The van der Waals surface area contributed by atoms with Crippen LogP contribution in [0.15, 0.2) is 24.3 Å². The van der Waals surface area contributed by atoms with Gasteiger partial charge in [-0.05, 0) is 62.4 Å². The van der Waals surface area contributed by atoms with E-state index in [1.165, 1.54) is 34.8 Å². The van der Waals surface area contributed by atoms with Crippen molar-refractivity contribution in [3.8, 4) is 0 Å². The SMILES string of the molecule is CC(=O)c1ccc(N2CCN(C(=O)COC(=O)c3cc4c(s3)CCCC4)CC2)c(F)c1. The molecule has 0 atom stereocenters. The van der Waals surface area contributed by atoms with Crippen molar-refractivity contribution in [1.82, 2.24) is 4.90 Å². The van der Waals surface area contributed by atoms with Crippen LogP contribution >= 0.6 is 11.3 Å². The molecule has 4 rings (SSSR count). The van der Waals surface area contributed by atoms with Gasteiger partial charge in [-0.25, -0.2) is 9.18 Å². The van der Waals surface area contributed by atoms with E-state index >= 15 is 0 Å². The molecule has 0 spiro atoms. The summed E-state index contributed by atoms with van der Waals surface area (Å²) < 4.78 is 19.6. The van der Waals surface area contributed by atoms with Gasteiger partial charge in [-0.3, -0.25) is 9.59 Å². The first kappa shape index (κ1) is 21.5. The first-order chi connectivity index (χ1) is 14.9. The van der Waals surface area contributed by atoms with Gasteiger partial charge in [0.25, 0.3) is 5.91 Å². The fourth-order valence-electron chi connectivity index (χ4n) is 4.06. The van der Waals surface area contributed by atoms with Crippen LogP contribution in [-0.2, 0) is 22.4 Å². The Morgan fingerprint density at radius 2 is 1.81 bits per heavy atom. The minimum atomic E-state index is -0.445. The zero-order chi connectivity index (χ0) is 22.0. The number of ether oxygens (including phenoxy) is 1. The summed E-state index contributed by atoms with van der Waals surface area (Å²) in [7, 11) is 0. The summed E-state index contributed by atoms with van der Waals surface area (Å²) in [6, 6.07) is 6.36. The van der Waals surface area contributed by atoms with Gasteiger partial charge in [-0.2, -0.15) is 0 Å². The number of benzene rings is 1. The van der Waals surface area contributed by atoms with Crippen molar-refractivity contribution >= 4 is 34.7 Å². The van der Waals surface area contributed by atoms with Crippen LogP contribution in [-0.4, -0.2) is 55.3 Å². The first-order valence-electron chi connectivity index (χ1n) is 10.5. The summed E-state index contributed by atoms with van der Waals surface area (Å²) in [6.45, 7) is 2.87. The van der Waals surface area contributed by atoms with Crippen LogP contribution in [0, 0.1) is 5.82 Å². The average Bonchev–Trinajstić information content (AvgIpc) is 3.22. The lowest BCUT2D eigenvalue weighted by molar-refractivity contribution is -0.134. The van der Waals surface area contributed by atoms with E-state index in [0.29, 0.717) is 42.3 Å². The molecule has 31 heavy (non-hydrogen) atoms. The maximum Gasteiger partial charge on any atom is 0.348 e. The number of ketones is 1. The van der Waals surface area contributed by atoms with E-state index in [1.807, 2.05) is 11.0 Å². The lowest BCUT2D eigenvalue weighted by Gasteiger charge is -2.36. The smallest absolute Gasteiger partial charge is 0.348 e. The number of halogens is 1. The maximum atomic E-state index is 14.4. The van der Waals surface area contributed by atoms with Crippen molar-refractivity contribution in [2.45, 2.75) is 32.6 Å². The fourth-order valence-corrected chi connectivity index (χ4v) is 5.21. The molecule has 1 aromatic heterocycles. The molecule has 1 aromatic carbocycles. The Morgan fingerprint density at radius 1 is 1.06 bits per heavy atom. The lowest BCUT2D eigenvalue weighted by Crippen LogP contribution is -2.50. The van der Waals surface area contributed by atoms with E-state index in [2.05, 4.69) is 0 Å². The minimum absolute atomic E-state index is 0.182. The third-order valence-corrected chi connectivity index (χ3v) is 7.07. The van der Waals surface area contributed by atoms with E-state index in [4.69, 9.17) is 4.74 Å². The second-order valence-corrected chi connectivity index (χ2v) is 9.07. The van der Waals surface area contributed by atoms with Gasteiger partial charge in [0.05, 0.1) is 5.69 Å². The molecule has 1 amide bonds. The molecule has 1 aliphatic carbocycles. The first-order valence-corrected chi connectivity index (χ1v) is 11.4. The van der Waals surface area contributed by atoms with Crippen molar-refractivity contribution < 1.29 is 23.5 Å². The van der Waals surface area contributed by atoms with Gasteiger partial charge in [0, 0.05) is 36.6 Å². The summed E-state index contributed by atoms with van der Waals surface area (Å²) in [5.74, 6) is -1.32. The number of esters is 1. The molecule has 8 heteroatoms. The van der Waals surface area contributed by atoms with Gasteiger partial charge in [0.15, 0.2) is 12.4 Å². The minimum Gasteiger partial charge on any atom is -0.451 e. The summed E-state index contributed by atoms with van der Waals surface area (Å²) in [6.07, 6.45) is 4.31. The number of Topliss-reactive ketones (excluding diaryl/α,β-unsaturated/α-hetero) is 1. The summed E-state index contributed by atoms with van der Waals surface area (Å²) in [5, 5.41) is 0. The molecule has 0 bridgehead atoms. The second kappa shape index (κ2) is 9.18. The Kier molecular flexibility index (Phi) is 6.36. The highest BCUT2D eigenvalue weighted by molar-refractivity contribution is 7.14. The predicted molar refractivity (Wildman–Crippen MR) is 116 cm³/mol. The molecule has 0 unspecified atom stereocenters. The van der Waals surface area contributed by atoms with Gasteiger partial charge in [0.1, 0.15) is 10.7 Å². The fraction of sp³-hybridized carbons (Fsp3) is 0.435. The number of piperazine rings is 1. The van der Waals surface area contributed by atoms with Gasteiger partial charge in [-0.1, -0.05) is 0 Å². The van der Waals surface area contributed by atoms with Crippen molar-refractivity contribution in [3.63, 3.8) is 0 Å². The summed E-state index contributed by atoms with van der Waals surface area (Å²) in [4.78, 5) is 41.5. The highest BCUT2D eigenvalue weighted by Crippen LogP contribution is 2.30. The number of rotatable bonds is 5. The zero-order valence-corrected chi connectivity index (χ0v) is 18.3. The number of hydrogen-bond acceptors (Lipinski definition) is 6. The largest absolute Gasteiger partial charge is 0.451 e. The number of anilines is 1. The second-order valence-electron chi connectivity index (χ2n) is 7.93. The Hall–Kier alpha value is -2.74. The molecule has 6 nitrogen and oxygen atoms in total. The van der Waals surface area contributed by atoms with Gasteiger partial charge >= 0.3 is 5.97 Å². The third-order valence-electron chi connectivity index (χ3n) is 5.85. The maximum absolute atomic E-state index is 14.4. The zero-order valence-electron chi connectivity index (χ0n) is 17.5. The lowest BCUT2D eigenvalue weighted by atomic mass is 9.99. The van der Waals surface area contributed by atoms with Crippen LogP contribution in [0.4, 0.5) is 10.1 Å². The van der Waals surface area contributed by atoms with E-state index in [1.54, 1.807) is 17.0 Å². The monoisotopic (exact) mass is 444 g/mol. The number of nitrogens with zero attached hydrogens (tertiary/aromatic N) is 2. The van der Waals surface area contributed by atoms with Crippen LogP contribution in [0.25, 0.3) is 0 Å². The van der Waals surface area contributed by atoms with Gasteiger partial charge in [-0.15, -0.1) is 11.3 Å². The summed E-state index contributed by atoms with van der Waals surface area (Å²) in [5.41, 5.74) is 1.99. The average molecular weight is 445 g/mol. The number of carbonyl (C=O) groups is 3. The Balaban J connectivity index is 1.28. The van der Waals surface area contributed by atoms with E-state index in [9.17, 15) is 18.8 Å². The van der Waals surface area contributed by atoms with Crippen LogP contribution in [0.2, 0.25) is 0 Å². The molecule has 164 valence electrons. The molecular weight excluding hydrogens is 419 g/mol.